The molecule has 0 radical (unpaired) electrons. The Hall–Kier alpha value is -3.11. The third-order valence-electron chi connectivity index (χ3n) is 3.67. The van der Waals surface area contributed by atoms with Crippen LogP contribution < -0.4 is 5.32 Å². The summed E-state index contributed by atoms with van der Waals surface area (Å²) < 4.78 is 42.2. The number of anilines is 2. The van der Waals surface area contributed by atoms with Gasteiger partial charge in [0.05, 0.1) is 23.5 Å². The molecule has 0 unspecified atom stereocenters. The van der Waals surface area contributed by atoms with Crippen LogP contribution in [0.2, 0.25) is 0 Å². The lowest BCUT2D eigenvalue weighted by atomic mass is 10.1. The van der Waals surface area contributed by atoms with Crippen LogP contribution in [0.15, 0.2) is 30.3 Å². The first-order chi connectivity index (χ1) is 13.2. The first-order valence-corrected chi connectivity index (χ1v) is 8.16. The molecule has 0 saturated carbocycles. The van der Waals surface area contributed by atoms with E-state index in [0.29, 0.717) is 11.6 Å². The first-order valence-electron chi connectivity index (χ1n) is 8.16. The Labute approximate surface area is 157 Å². The van der Waals surface area contributed by atoms with Gasteiger partial charge in [-0.1, -0.05) is 11.3 Å². The Morgan fingerprint density at radius 2 is 1.86 bits per heavy atom. The minimum absolute atomic E-state index is 0.0683. The second-order valence-electron chi connectivity index (χ2n) is 5.61. The van der Waals surface area contributed by atoms with Gasteiger partial charge in [-0.05, 0) is 43.2 Å². The molecular formula is C18H17F3N2O5. The van der Waals surface area contributed by atoms with Gasteiger partial charge in [-0.25, -0.2) is 18.0 Å². The van der Waals surface area contributed by atoms with E-state index in [9.17, 15) is 28.0 Å². The number of hydroxylamine groups is 2. The van der Waals surface area contributed by atoms with E-state index in [1.54, 1.807) is 0 Å². The average molecular weight is 398 g/mol. The molecule has 28 heavy (non-hydrogen) atoms. The lowest BCUT2D eigenvalue weighted by Gasteiger charge is -2.17. The molecule has 0 spiro atoms. The summed E-state index contributed by atoms with van der Waals surface area (Å²) >= 11 is 0. The molecule has 150 valence electrons. The Morgan fingerprint density at radius 1 is 1.14 bits per heavy atom. The summed E-state index contributed by atoms with van der Waals surface area (Å²) in [7, 11) is 0. The number of aliphatic carboxylic acids is 1. The molecule has 0 heterocycles. The van der Waals surface area contributed by atoms with Crippen LogP contribution in [-0.4, -0.2) is 34.0 Å². The summed E-state index contributed by atoms with van der Waals surface area (Å²) in [5.74, 6) is -5.85. The summed E-state index contributed by atoms with van der Waals surface area (Å²) in [5.41, 5.74) is -1.08. The topological polar surface area (TPSA) is 99.1 Å². The summed E-state index contributed by atoms with van der Waals surface area (Å²) in [6.07, 6.45) is -0.119. The van der Waals surface area contributed by atoms with Crippen molar-refractivity contribution in [1.29, 1.82) is 0 Å². The van der Waals surface area contributed by atoms with Gasteiger partial charge in [0.25, 0.3) is 0 Å². The predicted molar refractivity (Wildman–Crippen MR) is 91.6 cm³/mol. The Morgan fingerprint density at radius 3 is 2.46 bits per heavy atom. The van der Waals surface area contributed by atoms with Crippen LogP contribution in [-0.2, 0) is 16.1 Å². The van der Waals surface area contributed by atoms with Gasteiger partial charge in [0.2, 0.25) is 0 Å². The highest BCUT2D eigenvalue weighted by molar-refractivity contribution is 5.99. The highest BCUT2D eigenvalue weighted by Crippen LogP contribution is 2.29. The van der Waals surface area contributed by atoms with Gasteiger partial charge in [0.1, 0.15) is 5.82 Å². The molecule has 1 amide bonds. The molecule has 10 heteroatoms. The number of benzene rings is 2. The smallest absolute Gasteiger partial charge is 0.305 e. The van der Waals surface area contributed by atoms with Crippen molar-refractivity contribution in [1.82, 2.24) is 5.23 Å². The maximum atomic E-state index is 14.3. The number of nitrogens with one attached hydrogen (secondary N) is 1. The number of rotatable bonds is 8. The van der Waals surface area contributed by atoms with E-state index in [-0.39, 0.29) is 30.4 Å². The number of hydrogen-bond donors (Lipinski definition) is 3. The van der Waals surface area contributed by atoms with Gasteiger partial charge in [0, 0.05) is 6.42 Å². The highest BCUT2D eigenvalue weighted by atomic mass is 19.2. The van der Waals surface area contributed by atoms with Gasteiger partial charge < -0.3 is 10.4 Å². The van der Waals surface area contributed by atoms with Crippen molar-refractivity contribution in [3.8, 4) is 0 Å². The largest absolute Gasteiger partial charge is 0.481 e. The van der Waals surface area contributed by atoms with Gasteiger partial charge in [-0.3, -0.25) is 14.8 Å². The average Bonchev–Trinajstić information content (AvgIpc) is 2.65. The molecule has 0 atom stereocenters. The second-order valence-corrected chi connectivity index (χ2v) is 5.61. The van der Waals surface area contributed by atoms with E-state index in [1.807, 2.05) is 0 Å². The van der Waals surface area contributed by atoms with E-state index >= 15 is 0 Å². The van der Waals surface area contributed by atoms with Crippen LogP contribution in [0.5, 0.6) is 0 Å². The van der Waals surface area contributed by atoms with Crippen molar-refractivity contribution in [2.45, 2.75) is 19.8 Å². The number of carbonyl (C=O) groups excluding carboxylic acids is 1. The Balaban J connectivity index is 2.36. The highest BCUT2D eigenvalue weighted by Gasteiger charge is 2.24. The number of carbonyl (C=O) groups is 2. The summed E-state index contributed by atoms with van der Waals surface area (Å²) in [6, 6.07) is 5.24. The van der Waals surface area contributed by atoms with Crippen LogP contribution in [0.1, 0.15) is 29.3 Å². The van der Waals surface area contributed by atoms with Crippen molar-refractivity contribution in [2.75, 3.05) is 11.9 Å². The standard InChI is InChI=1S/C18H17F3N2O5/c1-2-28-23(27)18(26)11-5-6-12(19)16(21)17(11)22-14-7-3-10(9-13(14)20)4-8-15(24)25/h3,5-7,9,22,27H,2,4,8H2,1H3,(H,24,25). The molecular weight excluding hydrogens is 381 g/mol. The first kappa shape index (κ1) is 21.2. The zero-order valence-corrected chi connectivity index (χ0v) is 14.7. The van der Waals surface area contributed by atoms with Crippen LogP contribution in [0.3, 0.4) is 0 Å². The van der Waals surface area contributed by atoms with Crippen molar-refractivity contribution < 1.29 is 37.9 Å². The maximum absolute atomic E-state index is 14.3. The third kappa shape index (κ3) is 4.99. The van der Waals surface area contributed by atoms with E-state index in [4.69, 9.17) is 5.11 Å². The third-order valence-corrected chi connectivity index (χ3v) is 3.67. The number of hydrogen-bond acceptors (Lipinski definition) is 5. The van der Waals surface area contributed by atoms with E-state index in [2.05, 4.69) is 10.2 Å². The normalized spacial score (nSPS) is 10.6. The lowest BCUT2D eigenvalue weighted by molar-refractivity contribution is -0.294. The monoisotopic (exact) mass is 398 g/mol. The van der Waals surface area contributed by atoms with Crippen LogP contribution in [0.25, 0.3) is 0 Å². The number of nitrogens with zero attached hydrogens (tertiary/aromatic N) is 1. The van der Waals surface area contributed by atoms with Gasteiger partial charge in [-0.15, -0.1) is 0 Å². The molecule has 0 aliphatic carbocycles. The fraction of sp³-hybridized carbons (Fsp3) is 0.222. The quantitative estimate of drug-likeness (QED) is 0.464. The number of aryl methyl sites for hydroxylation is 1. The van der Waals surface area contributed by atoms with Crippen LogP contribution in [0, 0.1) is 17.5 Å². The maximum Gasteiger partial charge on any atom is 0.305 e. The van der Waals surface area contributed by atoms with Crippen molar-refractivity contribution in [3.05, 3.63) is 58.9 Å². The summed E-state index contributed by atoms with van der Waals surface area (Å²) in [4.78, 5) is 27.4. The summed E-state index contributed by atoms with van der Waals surface area (Å²) in [5, 5.41) is 20.3. The molecule has 7 nitrogen and oxygen atoms in total. The van der Waals surface area contributed by atoms with Gasteiger partial charge in [0.15, 0.2) is 11.6 Å². The van der Waals surface area contributed by atoms with E-state index < -0.39 is 40.6 Å². The number of carboxylic acids is 1. The molecule has 0 aliphatic rings. The van der Waals surface area contributed by atoms with E-state index in [1.165, 1.54) is 19.1 Å². The van der Waals surface area contributed by atoms with Gasteiger partial charge >= 0.3 is 11.9 Å². The minimum atomic E-state index is -1.45. The predicted octanol–water partition coefficient (Wildman–Crippen LogP) is 3.65. The van der Waals surface area contributed by atoms with Crippen LogP contribution >= 0.6 is 0 Å². The Kier molecular flexibility index (Phi) is 6.96. The van der Waals surface area contributed by atoms with Crippen LogP contribution in [0.4, 0.5) is 24.5 Å². The molecule has 2 aromatic rings. The zero-order chi connectivity index (χ0) is 20.8. The molecule has 0 aromatic heterocycles. The summed E-state index contributed by atoms with van der Waals surface area (Å²) in [6.45, 7) is 1.42. The fourth-order valence-electron chi connectivity index (χ4n) is 2.34. The lowest BCUT2D eigenvalue weighted by Crippen LogP contribution is -2.28. The van der Waals surface area contributed by atoms with Gasteiger partial charge in [-0.2, -0.15) is 0 Å². The molecule has 0 aliphatic heterocycles. The van der Waals surface area contributed by atoms with Crippen molar-refractivity contribution in [2.24, 2.45) is 0 Å². The SMILES string of the molecule is CCON(O)C(=O)c1ccc(F)c(F)c1Nc1ccc(CCC(=O)O)cc1F. The number of amides is 1. The second kappa shape index (κ2) is 9.20. The molecule has 0 bridgehead atoms. The molecule has 2 rings (SSSR count). The zero-order valence-electron chi connectivity index (χ0n) is 14.7. The molecule has 2 aromatic carbocycles. The molecule has 0 fully saturated rings. The fourth-order valence-corrected chi connectivity index (χ4v) is 2.34. The van der Waals surface area contributed by atoms with Crippen molar-refractivity contribution in [3.63, 3.8) is 0 Å². The minimum Gasteiger partial charge on any atom is -0.481 e. The number of halogens is 3. The Bertz CT molecular complexity index is 892. The number of carboxylic acid groups (broad SMARTS) is 1. The van der Waals surface area contributed by atoms with E-state index in [0.717, 1.165) is 12.1 Å². The molecule has 3 N–H and O–H groups in total. The van der Waals surface area contributed by atoms with Crippen molar-refractivity contribution >= 4 is 23.3 Å². The molecule has 0 saturated heterocycles.